The molecule has 0 bridgehead atoms. The molecule has 0 amide bonds. The Morgan fingerprint density at radius 1 is 1.50 bits per heavy atom. The number of rotatable bonds is 6. The van der Waals surface area contributed by atoms with Crippen LogP contribution in [0.4, 0.5) is 0 Å². The van der Waals surface area contributed by atoms with E-state index in [1.165, 1.54) is 18.7 Å². The quantitative estimate of drug-likeness (QED) is 0.257. The van der Waals surface area contributed by atoms with Crippen molar-refractivity contribution in [1.29, 1.82) is 0 Å². The summed E-state index contributed by atoms with van der Waals surface area (Å²) in [6.07, 6.45) is 0. The molecule has 0 aliphatic heterocycles. The Morgan fingerprint density at radius 3 is 2.38 bits per heavy atom. The van der Waals surface area contributed by atoms with Gasteiger partial charge in [-0.1, -0.05) is 0 Å². The van der Waals surface area contributed by atoms with Crippen LogP contribution in [0.5, 0.6) is 0 Å². The lowest BCUT2D eigenvalue weighted by Gasteiger charge is -2.17. The number of carbonyl (C=O) groups is 1. The summed E-state index contributed by atoms with van der Waals surface area (Å²) < 4.78 is 0. The molecule has 16 heavy (non-hydrogen) atoms. The summed E-state index contributed by atoms with van der Waals surface area (Å²) in [4.78, 5) is 14.6. The van der Waals surface area contributed by atoms with Crippen LogP contribution in [0.3, 0.4) is 0 Å². The number of nitrogens with zero attached hydrogens (tertiary/aromatic N) is 1. The highest BCUT2D eigenvalue weighted by atomic mass is 35.5. The first-order chi connectivity index (χ1) is 6.36. The number of carboxylic acids is 1. The van der Waals surface area contributed by atoms with Gasteiger partial charge in [-0.25, -0.2) is 0 Å². The maximum absolute atomic E-state index is 10.6. The molecule has 5 nitrogen and oxygen atoms in total. The molecule has 0 fully saturated rings. The van der Waals surface area contributed by atoms with Crippen molar-refractivity contribution in [3.05, 3.63) is 0 Å². The van der Waals surface area contributed by atoms with Gasteiger partial charge in [0.25, 0.3) is 0 Å². The minimum Gasteiger partial charge on any atom is -1.00 e. The second-order valence-electron chi connectivity index (χ2n) is 3.30. The Balaban J connectivity index is -0.000000845. The third kappa shape index (κ3) is 10.4. The molecule has 0 unspecified atom stereocenters. The van der Waals surface area contributed by atoms with Gasteiger partial charge in [0, 0.05) is 18.1 Å². The molecule has 98 valence electrons. The number of thioether (sulfide) groups is 1. The number of nitrogens with two attached hydrogens (primary N) is 2. The number of amidine groups is 1. The molecule has 0 aromatic rings. The summed E-state index contributed by atoms with van der Waals surface area (Å²) in [6.45, 7) is 3.82. The van der Waals surface area contributed by atoms with Gasteiger partial charge < -0.3 is 41.4 Å². The van der Waals surface area contributed by atoms with E-state index < -0.39 is 11.5 Å². The summed E-state index contributed by atoms with van der Waals surface area (Å²) in [5.74, 6) is 0.665. The van der Waals surface area contributed by atoms with Crippen molar-refractivity contribution in [2.24, 2.45) is 16.5 Å². The average Bonchev–Trinajstić information content (AvgIpc) is 2.02. The molecule has 0 aromatic heterocycles. The SMILES string of the molecule is CC(N)=NCCSC[C@@](C)(N)C(=O)O.[Cl-].[Cl-]. The van der Waals surface area contributed by atoms with E-state index in [-0.39, 0.29) is 24.8 Å². The van der Waals surface area contributed by atoms with E-state index in [1.54, 1.807) is 6.92 Å². The van der Waals surface area contributed by atoms with Gasteiger partial charge in [-0.15, -0.1) is 0 Å². The zero-order chi connectivity index (χ0) is 11.2. The van der Waals surface area contributed by atoms with Crippen molar-refractivity contribution in [2.45, 2.75) is 19.4 Å². The zero-order valence-electron chi connectivity index (χ0n) is 9.24. The largest absolute Gasteiger partial charge is 1.00 e. The summed E-state index contributed by atoms with van der Waals surface area (Å²) in [6, 6.07) is 0. The molecule has 8 heteroatoms. The molecule has 0 rings (SSSR count). The van der Waals surface area contributed by atoms with E-state index in [9.17, 15) is 4.79 Å². The number of aliphatic carboxylic acids is 1. The molecule has 5 N–H and O–H groups in total. The Hall–Kier alpha value is -0.170. The lowest BCUT2D eigenvalue weighted by molar-refractivity contribution is -0.141. The Kier molecular flexibility index (Phi) is 13.2. The minimum absolute atomic E-state index is 0. The van der Waals surface area contributed by atoms with Crippen LogP contribution in [0.1, 0.15) is 13.8 Å². The third-order valence-corrected chi connectivity index (χ3v) is 2.76. The van der Waals surface area contributed by atoms with Crippen molar-refractivity contribution >= 4 is 23.6 Å². The molecule has 0 saturated heterocycles. The fraction of sp³-hybridized carbons (Fsp3) is 0.750. The molecule has 0 aliphatic carbocycles. The van der Waals surface area contributed by atoms with Gasteiger partial charge in [0.15, 0.2) is 0 Å². The lowest BCUT2D eigenvalue weighted by Crippen LogP contribution is -3.00. The van der Waals surface area contributed by atoms with E-state index in [0.29, 0.717) is 18.1 Å². The van der Waals surface area contributed by atoms with Crippen molar-refractivity contribution < 1.29 is 34.7 Å². The van der Waals surface area contributed by atoms with Crippen LogP contribution in [0, 0.1) is 0 Å². The first kappa shape index (κ1) is 21.1. The topological polar surface area (TPSA) is 102 Å². The van der Waals surface area contributed by atoms with Crippen molar-refractivity contribution in [2.75, 3.05) is 18.1 Å². The monoisotopic (exact) mass is 289 g/mol. The standard InChI is InChI=1S/C8H17N3O2S.2ClH/c1-6(9)11-3-4-14-5-8(2,10)7(12)13;;/h3-5,10H2,1-2H3,(H2,9,11)(H,12,13);2*1H/p-2/t8-;;/m1../s1. The van der Waals surface area contributed by atoms with Crippen LogP contribution >= 0.6 is 11.8 Å². The molecule has 1 atom stereocenters. The summed E-state index contributed by atoms with van der Waals surface area (Å²) in [5, 5.41) is 8.70. The molecular weight excluding hydrogens is 273 g/mol. The number of hydrogen-bond acceptors (Lipinski definition) is 4. The molecule has 0 aliphatic rings. The fourth-order valence-corrected chi connectivity index (χ4v) is 1.54. The van der Waals surface area contributed by atoms with Gasteiger partial charge in [0.2, 0.25) is 0 Å². The first-order valence-corrected chi connectivity index (χ1v) is 5.38. The molecule has 0 radical (unpaired) electrons. The fourth-order valence-electron chi connectivity index (χ4n) is 0.632. The van der Waals surface area contributed by atoms with Gasteiger partial charge in [0.05, 0.1) is 5.84 Å². The summed E-state index contributed by atoms with van der Waals surface area (Å²) in [5.41, 5.74) is 9.69. The lowest BCUT2D eigenvalue weighted by atomic mass is 10.1. The molecule has 0 aromatic carbocycles. The van der Waals surface area contributed by atoms with Crippen LogP contribution in [0.15, 0.2) is 4.99 Å². The molecule has 0 heterocycles. The number of aliphatic imine (C=N–C) groups is 1. The predicted molar refractivity (Wildman–Crippen MR) is 59.7 cm³/mol. The van der Waals surface area contributed by atoms with E-state index in [4.69, 9.17) is 16.6 Å². The van der Waals surface area contributed by atoms with Gasteiger partial charge in [0.1, 0.15) is 5.54 Å². The highest BCUT2D eigenvalue weighted by Gasteiger charge is 2.27. The van der Waals surface area contributed by atoms with Crippen molar-refractivity contribution in [3.8, 4) is 0 Å². The highest BCUT2D eigenvalue weighted by Crippen LogP contribution is 2.10. The summed E-state index contributed by atoms with van der Waals surface area (Å²) in [7, 11) is 0. The van der Waals surface area contributed by atoms with Crippen molar-refractivity contribution in [3.63, 3.8) is 0 Å². The molecule has 0 saturated carbocycles. The van der Waals surface area contributed by atoms with Crippen LogP contribution in [-0.2, 0) is 4.79 Å². The number of hydrogen-bond donors (Lipinski definition) is 3. The Morgan fingerprint density at radius 2 is 2.00 bits per heavy atom. The third-order valence-electron chi connectivity index (χ3n) is 1.49. The van der Waals surface area contributed by atoms with E-state index in [2.05, 4.69) is 4.99 Å². The maximum atomic E-state index is 10.6. The second kappa shape index (κ2) is 10.0. The van der Waals surface area contributed by atoms with Crippen LogP contribution in [0.25, 0.3) is 0 Å². The minimum atomic E-state index is -1.16. The predicted octanol–water partition coefficient (Wildman–Crippen LogP) is -6.09. The first-order valence-electron chi connectivity index (χ1n) is 4.23. The average molecular weight is 290 g/mol. The van der Waals surface area contributed by atoms with Gasteiger partial charge in [-0.3, -0.25) is 9.79 Å². The molecular formula is C8H17Cl2N3O2S-2. The highest BCUT2D eigenvalue weighted by molar-refractivity contribution is 7.99. The second-order valence-corrected chi connectivity index (χ2v) is 4.40. The van der Waals surface area contributed by atoms with Crippen LogP contribution < -0.4 is 36.3 Å². The van der Waals surface area contributed by atoms with E-state index in [1.807, 2.05) is 0 Å². The van der Waals surface area contributed by atoms with Gasteiger partial charge in [-0.05, 0) is 13.8 Å². The Bertz CT molecular complexity index is 233. The number of halogens is 2. The van der Waals surface area contributed by atoms with E-state index in [0.717, 1.165) is 5.75 Å². The Labute approximate surface area is 112 Å². The maximum Gasteiger partial charge on any atom is 0.324 e. The van der Waals surface area contributed by atoms with Crippen LogP contribution in [0.2, 0.25) is 0 Å². The summed E-state index contributed by atoms with van der Waals surface area (Å²) >= 11 is 1.46. The normalized spacial score (nSPS) is 14.3. The van der Waals surface area contributed by atoms with Gasteiger partial charge in [-0.2, -0.15) is 11.8 Å². The number of carboxylic acid groups (broad SMARTS) is 1. The van der Waals surface area contributed by atoms with Crippen LogP contribution in [-0.4, -0.2) is 40.5 Å². The molecule has 0 spiro atoms. The van der Waals surface area contributed by atoms with E-state index >= 15 is 0 Å². The van der Waals surface area contributed by atoms with Crippen molar-refractivity contribution in [1.82, 2.24) is 0 Å². The smallest absolute Gasteiger partial charge is 0.324 e. The zero-order valence-corrected chi connectivity index (χ0v) is 11.6. The van der Waals surface area contributed by atoms with Gasteiger partial charge >= 0.3 is 5.97 Å².